The highest BCUT2D eigenvalue weighted by Crippen LogP contribution is 2.11. The van der Waals surface area contributed by atoms with Gasteiger partial charge in [0.2, 0.25) is 5.43 Å². The Balaban J connectivity index is 2.22. The minimum Gasteiger partial charge on any atom is -0.394 e. The van der Waals surface area contributed by atoms with Gasteiger partial charge in [0.25, 0.3) is 0 Å². The lowest BCUT2D eigenvalue weighted by Gasteiger charge is -2.09. The van der Waals surface area contributed by atoms with Gasteiger partial charge in [0.05, 0.1) is 22.4 Å². The first-order chi connectivity index (χ1) is 9.01. The zero-order valence-electron chi connectivity index (χ0n) is 11.0. The van der Waals surface area contributed by atoms with Crippen LogP contribution in [0.2, 0.25) is 0 Å². The van der Waals surface area contributed by atoms with Gasteiger partial charge in [-0.1, -0.05) is 6.92 Å². The lowest BCUT2D eigenvalue weighted by atomic mass is 10.3. The molecule has 2 N–H and O–H groups in total. The number of nitrogen functional groups attached to an aromatic ring is 1. The standard InChI is InChI=1S/C13H17BrN4O/c1-3-9(2)18-5-4-10(16-18)6-17-7-11(14)13(19)12(15)8-17/h4-5,7-9H,3,6,15H2,1-2H3. The van der Waals surface area contributed by atoms with E-state index in [9.17, 15) is 4.79 Å². The molecular formula is C13H17BrN4O. The molecule has 1 atom stereocenters. The molecule has 19 heavy (non-hydrogen) atoms. The summed E-state index contributed by atoms with van der Waals surface area (Å²) in [6, 6.07) is 2.37. The van der Waals surface area contributed by atoms with E-state index in [4.69, 9.17) is 5.73 Å². The van der Waals surface area contributed by atoms with Gasteiger partial charge < -0.3 is 10.3 Å². The number of pyridine rings is 1. The Morgan fingerprint density at radius 2 is 2.21 bits per heavy atom. The number of anilines is 1. The van der Waals surface area contributed by atoms with E-state index < -0.39 is 0 Å². The van der Waals surface area contributed by atoms with E-state index in [1.165, 1.54) is 0 Å². The van der Waals surface area contributed by atoms with Crippen LogP contribution in [0.3, 0.4) is 0 Å². The van der Waals surface area contributed by atoms with Crippen molar-refractivity contribution in [1.82, 2.24) is 14.3 Å². The summed E-state index contributed by atoms with van der Waals surface area (Å²) in [7, 11) is 0. The molecule has 0 amide bonds. The van der Waals surface area contributed by atoms with Crippen LogP contribution in [0, 0.1) is 0 Å². The molecule has 0 fully saturated rings. The fourth-order valence-electron chi connectivity index (χ4n) is 1.79. The first kappa shape index (κ1) is 13.9. The molecule has 2 heterocycles. The van der Waals surface area contributed by atoms with Crippen LogP contribution in [0.25, 0.3) is 0 Å². The summed E-state index contributed by atoms with van der Waals surface area (Å²) in [6.45, 7) is 4.85. The average Bonchev–Trinajstić information content (AvgIpc) is 2.83. The Hall–Kier alpha value is -1.56. The zero-order chi connectivity index (χ0) is 14.0. The summed E-state index contributed by atoms with van der Waals surface area (Å²) in [5.74, 6) is 0. The Kier molecular flexibility index (Phi) is 4.09. The SMILES string of the molecule is CCC(C)n1ccc(Cn2cc(N)c(=O)c(Br)c2)n1. The van der Waals surface area contributed by atoms with Gasteiger partial charge in [-0.15, -0.1) is 0 Å². The second-order valence-corrected chi connectivity index (χ2v) is 5.46. The monoisotopic (exact) mass is 324 g/mol. The number of nitrogens with zero attached hydrogens (tertiary/aromatic N) is 3. The van der Waals surface area contributed by atoms with Gasteiger partial charge >= 0.3 is 0 Å². The molecule has 0 aliphatic heterocycles. The van der Waals surface area contributed by atoms with Crippen molar-refractivity contribution in [2.24, 2.45) is 0 Å². The molecule has 0 aliphatic rings. The normalized spacial score (nSPS) is 12.6. The minimum absolute atomic E-state index is 0.179. The molecule has 0 saturated heterocycles. The largest absolute Gasteiger partial charge is 0.394 e. The number of hydrogen-bond acceptors (Lipinski definition) is 3. The predicted molar refractivity (Wildman–Crippen MR) is 79.1 cm³/mol. The third-order valence-corrected chi connectivity index (χ3v) is 3.68. The molecule has 2 aromatic heterocycles. The first-order valence-electron chi connectivity index (χ1n) is 6.20. The summed E-state index contributed by atoms with van der Waals surface area (Å²) in [5.41, 5.74) is 6.65. The van der Waals surface area contributed by atoms with E-state index in [0.717, 1.165) is 12.1 Å². The van der Waals surface area contributed by atoms with Crippen molar-refractivity contribution in [2.45, 2.75) is 32.9 Å². The van der Waals surface area contributed by atoms with Crippen LogP contribution in [0.15, 0.2) is 33.9 Å². The molecule has 5 nitrogen and oxygen atoms in total. The maximum Gasteiger partial charge on any atom is 0.218 e. The van der Waals surface area contributed by atoms with E-state index in [2.05, 4.69) is 34.9 Å². The van der Waals surface area contributed by atoms with Crippen LogP contribution in [-0.4, -0.2) is 14.3 Å². The smallest absolute Gasteiger partial charge is 0.218 e. The van der Waals surface area contributed by atoms with Crippen LogP contribution in [0.1, 0.15) is 32.0 Å². The molecule has 0 aromatic carbocycles. The third kappa shape index (κ3) is 3.07. The van der Waals surface area contributed by atoms with Gasteiger partial charge in [-0.2, -0.15) is 5.10 Å². The molecule has 0 aliphatic carbocycles. The molecule has 0 saturated carbocycles. The van der Waals surface area contributed by atoms with Crippen molar-refractivity contribution in [3.8, 4) is 0 Å². The van der Waals surface area contributed by atoms with Crippen molar-refractivity contribution in [3.63, 3.8) is 0 Å². The Morgan fingerprint density at radius 1 is 1.47 bits per heavy atom. The fourth-order valence-corrected chi connectivity index (χ4v) is 2.28. The quantitative estimate of drug-likeness (QED) is 0.939. The van der Waals surface area contributed by atoms with Gasteiger partial charge in [-0.25, -0.2) is 0 Å². The lowest BCUT2D eigenvalue weighted by molar-refractivity contribution is 0.472. The molecule has 0 spiro atoms. The van der Waals surface area contributed by atoms with E-state index in [1.807, 2.05) is 21.5 Å². The molecule has 6 heteroatoms. The van der Waals surface area contributed by atoms with Crippen LogP contribution in [0.5, 0.6) is 0 Å². The summed E-state index contributed by atoms with van der Waals surface area (Å²) < 4.78 is 4.27. The van der Waals surface area contributed by atoms with E-state index in [-0.39, 0.29) is 11.1 Å². The Bertz CT molecular complexity index is 606. The van der Waals surface area contributed by atoms with Crippen LogP contribution in [-0.2, 0) is 6.54 Å². The molecule has 1 unspecified atom stereocenters. The highest BCUT2D eigenvalue weighted by molar-refractivity contribution is 9.10. The second-order valence-electron chi connectivity index (χ2n) is 4.61. The van der Waals surface area contributed by atoms with Gasteiger partial charge in [0.15, 0.2) is 0 Å². The van der Waals surface area contributed by atoms with Crippen molar-refractivity contribution >= 4 is 21.6 Å². The summed E-state index contributed by atoms with van der Waals surface area (Å²) in [5, 5.41) is 4.52. The third-order valence-electron chi connectivity index (χ3n) is 3.11. The number of halogens is 1. The van der Waals surface area contributed by atoms with Gasteiger partial charge in [0.1, 0.15) is 0 Å². The Labute approximate surface area is 120 Å². The molecule has 2 aromatic rings. The molecular weight excluding hydrogens is 308 g/mol. The van der Waals surface area contributed by atoms with Crippen molar-refractivity contribution in [2.75, 3.05) is 5.73 Å². The molecule has 0 bridgehead atoms. The van der Waals surface area contributed by atoms with E-state index >= 15 is 0 Å². The van der Waals surface area contributed by atoms with Crippen molar-refractivity contribution in [3.05, 3.63) is 45.0 Å². The number of hydrogen-bond donors (Lipinski definition) is 1. The average molecular weight is 325 g/mol. The van der Waals surface area contributed by atoms with Crippen molar-refractivity contribution < 1.29 is 0 Å². The molecule has 2 rings (SSSR count). The summed E-state index contributed by atoms with van der Waals surface area (Å²) in [6.07, 6.45) is 6.37. The maximum atomic E-state index is 11.5. The summed E-state index contributed by atoms with van der Waals surface area (Å²) >= 11 is 3.21. The van der Waals surface area contributed by atoms with Gasteiger partial charge in [0, 0.05) is 24.6 Å². The topological polar surface area (TPSA) is 65.8 Å². The van der Waals surface area contributed by atoms with Crippen LogP contribution < -0.4 is 11.2 Å². The fraction of sp³-hybridized carbons (Fsp3) is 0.385. The first-order valence-corrected chi connectivity index (χ1v) is 6.99. The lowest BCUT2D eigenvalue weighted by Crippen LogP contribution is -2.14. The molecule has 102 valence electrons. The highest BCUT2D eigenvalue weighted by atomic mass is 79.9. The van der Waals surface area contributed by atoms with Gasteiger partial charge in [-0.05, 0) is 35.3 Å². The van der Waals surface area contributed by atoms with Crippen LogP contribution >= 0.6 is 15.9 Å². The highest BCUT2D eigenvalue weighted by Gasteiger charge is 2.07. The van der Waals surface area contributed by atoms with Gasteiger partial charge in [-0.3, -0.25) is 9.48 Å². The Morgan fingerprint density at radius 3 is 2.84 bits per heavy atom. The number of aromatic nitrogens is 3. The van der Waals surface area contributed by atoms with E-state index in [0.29, 0.717) is 17.1 Å². The number of nitrogens with two attached hydrogens (primary N) is 1. The minimum atomic E-state index is -0.179. The zero-order valence-corrected chi connectivity index (χ0v) is 12.6. The maximum absolute atomic E-state index is 11.5. The number of rotatable bonds is 4. The van der Waals surface area contributed by atoms with Crippen molar-refractivity contribution in [1.29, 1.82) is 0 Å². The van der Waals surface area contributed by atoms with E-state index in [1.54, 1.807) is 12.4 Å². The second kappa shape index (κ2) is 5.61. The predicted octanol–water partition coefficient (Wildman–Crippen LogP) is 2.41. The summed E-state index contributed by atoms with van der Waals surface area (Å²) in [4.78, 5) is 11.5. The molecule has 0 radical (unpaired) electrons. The van der Waals surface area contributed by atoms with Crippen LogP contribution in [0.4, 0.5) is 5.69 Å².